The average Bonchev–Trinajstić information content (AvgIpc) is 2.67. The van der Waals surface area contributed by atoms with Gasteiger partial charge in [0.2, 0.25) is 0 Å². The summed E-state index contributed by atoms with van der Waals surface area (Å²) in [5.74, 6) is 0. The number of rotatable bonds is 5. The Morgan fingerprint density at radius 2 is 2.44 bits per heavy atom. The molecular weight excluding hydrogens is 207 g/mol. The lowest BCUT2D eigenvalue weighted by atomic mass is 9.78. The third kappa shape index (κ3) is 2.43. The van der Waals surface area contributed by atoms with Gasteiger partial charge in [-0.3, -0.25) is 4.79 Å². The van der Waals surface area contributed by atoms with Crippen molar-refractivity contribution in [1.29, 1.82) is 0 Å². The number of hydrogen-bond acceptors (Lipinski definition) is 4. The van der Waals surface area contributed by atoms with Crippen molar-refractivity contribution in [3.63, 3.8) is 0 Å². The van der Waals surface area contributed by atoms with E-state index in [0.29, 0.717) is 19.7 Å². The van der Waals surface area contributed by atoms with E-state index in [9.17, 15) is 9.82 Å². The van der Waals surface area contributed by atoms with Gasteiger partial charge in [0, 0.05) is 0 Å². The molecule has 0 radical (unpaired) electrons. The first-order chi connectivity index (χ1) is 7.81. The Labute approximate surface area is 94.3 Å². The molecule has 0 saturated carbocycles. The van der Waals surface area contributed by atoms with Gasteiger partial charge in [-0.15, -0.1) is 0 Å². The molecule has 5 heteroatoms. The van der Waals surface area contributed by atoms with Crippen LogP contribution < -0.4 is 5.46 Å². The Morgan fingerprint density at radius 1 is 1.56 bits per heavy atom. The van der Waals surface area contributed by atoms with Crippen molar-refractivity contribution in [2.45, 2.75) is 19.4 Å². The number of ether oxygens (including phenoxy) is 1. The van der Waals surface area contributed by atoms with E-state index in [1.165, 1.54) is 0 Å². The molecule has 0 spiro atoms. The van der Waals surface area contributed by atoms with Gasteiger partial charge in [-0.2, -0.15) is 0 Å². The highest BCUT2D eigenvalue weighted by atomic mass is 16.5. The van der Waals surface area contributed by atoms with Crippen LogP contribution in [0.4, 0.5) is 0 Å². The highest BCUT2D eigenvalue weighted by Crippen LogP contribution is 2.12. The number of carbonyl (C=O) groups excluding carboxylic acids is 1. The summed E-state index contributed by atoms with van der Waals surface area (Å²) in [4.78, 5) is 9.94. The van der Waals surface area contributed by atoms with Gasteiger partial charge < -0.3 is 14.4 Å². The molecule has 0 atom stereocenters. The number of fused-ring (bicyclic) bond motifs is 1. The van der Waals surface area contributed by atoms with Crippen LogP contribution in [0, 0.1) is 0 Å². The van der Waals surface area contributed by atoms with Crippen molar-refractivity contribution in [3.05, 3.63) is 29.3 Å². The lowest BCUT2D eigenvalue weighted by Gasteiger charge is -2.04. The third-order valence-corrected chi connectivity index (χ3v) is 2.67. The molecule has 16 heavy (non-hydrogen) atoms. The molecule has 0 unspecified atom stereocenters. The van der Waals surface area contributed by atoms with Crippen molar-refractivity contribution in [3.8, 4) is 0 Å². The summed E-state index contributed by atoms with van der Waals surface area (Å²) < 4.78 is 9.72. The molecule has 1 aliphatic rings. The largest absolute Gasteiger partial charge is 0.491 e. The van der Waals surface area contributed by atoms with Crippen molar-refractivity contribution in [2.24, 2.45) is 0 Å². The van der Waals surface area contributed by atoms with Gasteiger partial charge in [0.15, 0.2) is 0 Å². The summed E-state index contributed by atoms with van der Waals surface area (Å²) in [5.41, 5.74) is 3.02. The number of hydrogen-bond donors (Lipinski definition) is 1. The Kier molecular flexibility index (Phi) is 3.59. The second kappa shape index (κ2) is 5.14. The zero-order valence-electron chi connectivity index (χ0n) is 8.89. The second-order valence-electron chi connectivity index (χ2n) is 3.77. The van der Waals surface area contributed by atoms with Crippen molar-refractivity contribution in [1.82, 2.24) is 0 Å². The van der Waals surface area contributed by atoms with E-state index in [-0.39, 0.29) is 0 Å². The van der Waals surface area contributed by atoms with Crippen LogP contribution in [0.1, 0.15) is 17.5 Å². The minimum absolute atomic E-state index is 0.430. The Hall–Kier alpha value is -1.33. The molecule has 1 aliphatic heterocycles. The fourth-order valence-electron chi connectivity index (χ4n) is 1.83. The molecule has 0 aromatic heterocycles. The Balaban J connectivity index is 1.96. The number of aryl methyl sites for hydroxylation is 1. The smallest absolute Gasteiger partial charge is 0.468 e. The minimum Gasteiger partial charge on any atom is -0.468 e. The van der Waals surface area contributed by atoms with Gasteiger partial charge in [-0.1, -0.05) is 18.2 Å². The topological polar surface area (TPSA) is 55.8 Å². The monoisotopic (exact) mass is 220 g/mol. The molecule has 2 rings (SSSR count). The van der Waals surface area contributed by atoms with Gasteiger partial charge in [-0.25, -0.2) is 0 Å². The molecule has 1 N–H and O–H groups in total. The van der Waals surface area contributed by atoms with Gasteiger partial charge >= 0.3 is 7.12 Å². The van der Waals surface area contributed by atoms with Crippen molar-refractivity contribution < 1.29 is 19.2 Å². The van der Waals surface area contributed by atoms with Crippen molar-refractivity contribution >= 4 is 19.1 Å². The normalized spacial score (nSPS) is 13.7. The Bertz CT molecular complexity index is 380. The standard InChI is InChI=1S/C11H13BO4/c13-8-15-5-1-2-9-3-4-10-7-16-12(14)11(10)6-9/h3-4,6,8,14H,1-2,5,7H2. The maximum absolute atomic E-state index is 9.94. The summed E-state index contributed by atoms with van der Waals surface area (Å²) in [6, 6.07) is 5.94. The first-order valence-corrected chi connectivity index (χ1v) is 5.28. The van der Waals surface area contributed by atoms with E-state index in [4.69, 9.17) is 4.65 Å². The van der Waals surface area contributed by atoms with Crippen molar-refractivity contribution in [2.75, 3.05) is 6.61 Å². The molecule has 0 fully saturated rings. The summed E-state index contributed by atoms with van der Waals surface area (Å²) >= 11 is 0. The van der Waals surface area contributed by atoms with E-state index >= 15 is 0 Å². The van der Waals surface area contributed by atoms with E-state index in [1.54, 1.807) is 0 Å². The first kappa shape index (κ1) is 11.2. The van der Waals surface area contributed by atoms with Crippen LogP contribution >= 0.6 is 0 Å². The van der Waals surface area contributed by atoms with Crippen LogP contribution in [0.25, 0.3) is 0 Å². The fourth-order valence-corrected chi connectivity index (χ4v) is 1.83. The lowest BCUT2D eigenvalue weighted by Crippen LogP contribution is -2.28. The molecule has 0 amide bonds. The van der Waals surface area contributed by atoms with Crippen LogP contribution in [-0.4, -0.2) is 25.2 Å². The summed E-state index contributed by atoms with van der Waals surface area (Å²) in [6.45, 7) is 1.37. The quantitative estimate of drug-likeness (QED) is 0.431. The van der Waals surface area contributed by atoms with Crippen LogP contribution in [-0.2, 0) is 27.2 Å². The molecule has 0 bridgehead atoms. The van der Waals surface area contributed by atoms with Gasteiger partial charge in [-0.05, 0) is 29.4 Å². The predicted molar refractivity (Wildman–Crippen MR) is 59.2 cm³/mol. The predicted octanol–water partition coefficient (Wildman–Crippen LogP) is 0.00990. The average molecular weight is 220 g/mol. The molecule has 4 nitrogen and oxygen atoms in total. The fraction of sp³-hybridized carbons (Fsp3) is 0.364. The molecule has 1 aromatic carbocycles. The molecule has 1 aromatic rings. The molecule has 84 valence electrons. The zero-order chi connectivity index (χ0) is 11.4. The highest BCUT2D eigenvalue weighted by Gasteiger charge is 2.26. The van der Waals surface area contributed by atoms with E-state index in [2.05, 4.69) is 4.74 Å². The SMILES string of the molecule is O=COCCCc1ccc2c(c1)B(O)OC2. The Morgan fingerprint density at radius 3 is 3.25 bits per heavy atom. The maximum atomic E-state index is 9.94. The number of carbonyl (C=O) groups is 1. The van der Waals surface area contributed by atoms with Crippen LogP contribution in [0.5, 0.6) is 0 Å². The zero-order valence-corrected chi connectivity index (χ0v) is 8.89. The number of benzene rings is 1. The van der Waals surface area contributed by atoms with Gasteiger partial charge in [0.1, 0.15) is 0 Å². The highest BCUT2D eigenvalue weighted by molar-refractivity contribution is 6.61. The van der Waals surface area contributed by atoms with Gasteiger partial charge in [0.25, 0.3) is 6.47 Å². The minimum atomic E-state index is -0.791. The molecule has 0 aliphatic carbocycles. The summed E-state index contributed by atoms with van der Waals surface area (Å²) in [6.07, 6.45) is 1.61. The third-order valence-electron chi connectivity index (χ3n) is 2.67. The second-order valence-corrected chi connectivity index (χ2v) is 3.77. The van der Waals surface area contributed by atoms with E-state index in [1.807, 2.05) is 18.2 Å². The van der Waals surface area contributed by atoms with Crippen LogP contribution in [0.3, 0.4) is 0 Å². The summed E-state index contributed by atoms with van der Waals surface area (Å²) in [7, 11) is -0.791. The molecular formula is C11H13BO4. The van der Waals surface area contributed by atoms with E-state index < -0.39 is 7.12 Å². The van der Waals surface area contributed by atoms with E-state index in [0.717, 1.165) is 29.4 Å². The summed E-state index contributed by atoms with van der Waals surface area (Å²) in [5, 5.41) is 9.52. The van der Waals surface area contributed by atoms with Crippen LogP contribution in [0.2, 0.25) is 0 Å². The molecule has 0 saturated heterocycles. The first-order valence-electron chi connectivity index (χ1n) is 5.28. The van der Waals surface area contributed by atoms with Crippen LogP contribution in [0.15, 0.2) is 18.2 Å². The van der Waals surface area contributed by atoms with Gasteiger partial charge in [0.05, 0.1) is 13.2 Å². The lowest BCUT2D eigenvalue weighted by molar-refractivity contribution is -0.128. The maximum Gasteiger partial charge on any atom is 0.491 e. The molecule has 1 heterocycles.